The van der Waals surface area contributed by atoms with E-state index in [4.69, 9.17) is 0 Å². The Balaban J connectivity index is 1.52. The van der Waals surface area contributed by atoms with Gasteiger partial charge in [-0.2, -0.15) is 5.10 Å². The molecular weight excluding hydrogens is 314 g/mol. The lowest BCUT2D eigenvalue weighted by molar-refractivity contribution is -0.142. The Hall–Kier alpha value is -2.15. The lowest BCUT2D eigenvalue weighted by Crippen LogP contribution is -2.30. The number of amides is 1. The first-order valence-corrected chi connectivity index (χ1v) is 8.63. The molecule has 0 aromatic carbocycles. The van der Waals surface area contributed by atoms with E-state index in [-0.39, 0.29) is 18.4 Å². The van der Waals surface area contributed by atoms with Crippen molar-refractivity contribution < 1.29 is 14.7 Å². The predicted molar refractivity (Wildman–Crippen MR) is 85.1 cm³/mol. The number of H-pyrrole nitrogens is 1. The Morgan fingerprint density at radius 3 is 2.83 bits per heavy atom. The fourth-order valence-corrected chi connectivity index (χ4v) is 4.10. The summed E-state index contributed by atoms with van der Waals surface area (Å²) in [5.41, 5.74) is 1.17. The van der Waals surface area contributed by atoms with Crippen molar-refractivity contribution in [1.82, 2.24) is 15.1 Å². The minimum absolute atomic E-state index is 0.0900. The van der Waals surface area contributed by atoms with E-state index in [0.717, 1.165) is 23.4 Å². The van der Waals surface area contributed by atoms with Crippen LogP contribution in [0.4, 0.5) is 0 Å². The summed E-state index contributed by atoms with van der Waals surface area (Å²) in [6.45, 7) is 0.818. The number of carbonyl (C=O) groups excluding carboxylic acids is 1. The van der Waals surface area contributed by atoms with Crippen LogP contribution in [0.2, 0.25) is 0 Å². The number of aromatic nitrogens is 2. The Morgan fingerprint density at radius 1 is 1.35 bits per heavy atom. The van der Waals surface area contributed by atoms with Crippen LogP contribution in [0.15, 0.2) is 23.6 Å². The van der Waals surface area contributed by atoms with Crippen molar-refractivity contribution in [2.24, 2.45) is 17.8 Å². The molecule has 23 heavy (non-hydrogen) atoms. The van der Waals surface area contributed by atoms with Crippen molar-refractivity contribution in [3.8, 4) is 10.6 Å². The third-order valence-corrected chi connectivity index (χ3v) is 5.68. The summed E-state index contributed by atoms with van der Waals surface area (Å²) in [6, 6.07) is 5.65. The topological polar surface area (TPSA) is 86.3 Å². The Labute approximate surface area is 137 Å². The number of hydrogen-bond acceptors (Lipinski definition) is 4. The maximum atomic E-state index is 12.6. The van der Waals surface area contributed by atoms with Crippen molar-refractivity contribution in [3.05, 3.63) is 29.3 Å². The molecule has 2 fully saturated rings. The number of carboxylic acids is 1. The highest BCUT2D eigenvalue weighted by Gasteiger charge is 2.47. The first-order valence-electron chi connectivity index (χ1n) is 7.75. The van der Waals surface area contributed by atoms with E-state index in [9.17, 15) is 14.7 Å². The molecule has 2 N–H and O–H groups in total. The van der Waals surface area contributed by atoms with Gasteiger partial charge in [-0.15, -0.1) is 11.3 Å². The van der Waals surface area contributed by atoms with Gasteiger partial charge >= 0.3 is 5.97 Å². The van der Waals surface area contributed by atoms with Gasteiger partial charge < -0.3 is 10.0 Å². The maximum absolute atomic E-state index is 12.6. The third kappa shape index (κ3) is 2.65. The van der Waals surface area contributed by atoms with E-state index in [0.29, 0.717) is 18.2 Å². The van der Waals surface area contributed by atoms with E-state index in [1.54, 1.807) is 22.3 Å². The van der Waals surface area contributed by atoms with Crippen LogP contribution < -0.4 is 0 Å². The molecule has 1 aliphatic carbocycles. The maximum Gasteiger partial charge on any atom is 0.308 e. The second kappa shape index (κ2) is 5.49. The number of nitrogens with zero attached hydrogens (tertiary/aromatic N) is 2. The van der Waals surface area contributed by atoms with Crippen LogP contribution in [-0.4, -0.2) is 45.2 Å². The van der Waals surface area contributed by atoms with Gasteiger partial charge in [-0.3, -0.25) is 14.7 Å². The molecule has 0 spiro atoms. The van der Waals surface area contributed by atoms with Crippen LogP contribution in [0, 0.1) is 17.8 Å². The normalized spacial score (nSPS) is 24.1. The zero-order valence-electron chi connectivity index (χ0n) is 12.4. The highest BCUT2D eigenvalue weighted by Crippen LogP contribution is 2.44. The molecule has 7 heteroatoms. The largest absolute Gasteiger partial charge is 0.481 e. The van der Waals surface area contributed by atoms with Crippen LogP contribution in [-0.2, 0) is 4.79 Å². The Kier molecular flexibility index (Phi) is 3.45. The summed E-state index contributed by atoms with van der Waals surface area (Å²) in [5.74, 6) is -0.860. The minimum Gasteiger partial charge on any atom is -0.481 e. The molecule has 2 aromatic heterocycles. The molecule has 2 atom stereocenters. The van der Waals surface area contributed by atoms with Crippen molar-refractivity contribution in [1.29, 1.82) is 0 Å². The van der Waals surface area contributed by atoms with Crippen LogP contribution in [0.5, 0.6) is 0 Å². The van der Waals surface area contributed by atoms with Crippen LogP contribution in [0.1, 0.15) is 23.3 Å². The van der Waals surface area contributed by atoms with Crippen molar-refractivity contribution >= 4 is 23.2 Å². The van der Waals surface area contributed by atoms with Gasteiger partial charge in [0.25, 0.3) is 5.91 Å². The van der Waals surface area contributed by atoms with Crippen LogP contribution in [0.3, 0.4) is 0 Å². The number of aliphatic carboxylic acids is 1. The van der Waals surface area contributed by atoms with Gasteiger partial charge in [-0.05, 0) is 42.2 Å². The highest BCUT2D eigenvalue weighted by atomic mass is 32.1. The fraction of sp³-hybridized carbons (Fsp3) is 0.438. The summed E-state index contributed by atoms with van der Waals surface area (Å²) in [4.78, 5) is 26.8. The molecule has 3 heterocycles. The summed E-state index contributed by atoms with van der Waals surface area (Å²) in [7, 11) is 0. The number of nitrogens with one attached hydrogen (secondary N) is 1. The van der Waals surface area contributed by atoms with Gasteiger partial charge in [-0.25, -0.2) is 0 Å². The smallest absolute Gasteiger partial charge is 0.308 e. The number of carboxylic acid groups (broad SMARTS) is 1. The first-order chi connectivity index (χ1) is 11.1. The third-order valence-electron chi connectivity index (χ3n) is 4.78. The molecular formula is C16H17N3O3S. The van der Waals surface area contributed by atoms with Gasteiger partial charge in [-0.1, -0.05) is 6.07 Å². The van der Waals surface area contributed by atoms with E-state index in [1.807, 2.05) is 17.5 Å². The molecule has 0 bridgehead atoms. The lowest BCUT2D eigenvalue weighted by Gasteiger charge is -2.14. The lowest BCUT2D eigenvalue weighted by atomic mass is 9.92. The number of likely N-dealkylation sites (tertiary alicyclic amines) is 1. The van der Waals surface area contributed by atoms with Gasteiger partial charge in [0.05, 0.1) is 16.5 Å². The first kappa shape index (κ1) is 14.4. The summed E-state index contributed by atoms with van der Waals surface area (Å²) < 4.78 is 0. The molecule has 4 rings (SSSR count). The number of thiophene rings is 1. The van der Waals surface area contributed by atoms with Crippen molar-refractivity contribution in [2.45, 2.75) is 12.8 Å². The molecule has 0 unspecified atom stereocenters. The molecule has 0 radical (unpaired) electrons. The molecule has 1 saturated carbocycles. The van der Waals surface area contributed by atoms with Crippen molar-refractivity contribution in [3.63, 3.8) is 0 Å². The minimum atomic E-state index is -0.793. The molecule has 1 saturated heterocycles. The molecule has 120 valence electrons. The predicted octanol–water partition coefficient (Wildman–Crippen LogP) is 2.32. The summed E-state index contributed by atoms with van der Waals surface area (Å²) in [5, 5.41) is 18.4. The van der Waals surface area contributed by atoms with E-state index >= 15 is 0 Å². The monoisotopic (exact) mass is 331 g/mol. The van der Waals surface area contributed by atoms with E-state index in [2.05, 4.69) is 10.2 Å². The Morgan fingerprint density at radius 2 is 2.17 bits per heavy atom. The molecule has 2 aliphatic rings. The number of rotatable bonds is 4. The van der Waals surface area contributed by atoms with Crippen molar-refractivity contribution in [2.75, 3.05) is 13.1 Å². The number of carbonyl (C=O) groups is 2. The van der Waals surface area contributed by atoms with Gasteiger partial charge in [0.2, 0.25) is 0 Å². The zero-order chi connectivity index (χ0) is 16.0. The standard InChI is InChI=1S/C16H17N3O3S/c20-15(13-6-12(17-18-13)14-2-1-5-23-14)19-7-10(9-3-4-9)11(8-19)16(21)22/h1-2,5-6,9-11H,3-4,7-8H2,(H,17,18)(H,21,22)/t10-,11+/m1/s1. The second-order valence-electron chi connectivity index (χ2n) is 6.30. The summed E-state index contributed by atoms with van der Waals surface area (Å²) >= 11 is 1.58. The van der Waals surface area contributed by atoms with Crippen LogP contribution >= 0.6 is 11.3 Å². The molecule has 6 nitrogen and oxygen atoms in total. The average molecular weight is 331 g/mol. The highest BCUT2D eigenvalue weighted by molar-refractivity contribution is 7.13. The fourth-order valence-electron chi connectivity index (χ4n) is 3.41. The average Bonchev–Trinajstić information content (AvgIpc) is 3.03. The van der Waals surface area contributed by atoms with E-state index < -0.39 is 11.9 Å². The second-order valence-corrected chi connectivity index (χ2v) is 7.25. The number of aromatic amines is 1. The molecule has 2 aromatic rings. The van der Waals surface area contributed by atoms with Gasteiger partial charge in [0, 0.05) is 13.1 Å². The van der Waals surface area contributed by atoms with Gasteiger partial charge in [0.15, 0.2) is 5.69 Å². The molecule has 1 amide bonds. The molecule has 1 aliphatic heterocycles. The SMILES string of the molecule is O=C(O)[C@H]1CN(C(=O)c2cc(-c3cccs3)[nH]n2)C[C@@H]1C1CC1. The zero-order valence-corrected chi connectivity index (χ0v) is 13.3. The number of hydrogen-bond donors (Lipinski definition) is 2. The van der Waals surface area contributed by atoms with Crippen LogP contribution in [0.25, 0.3) is 10.6 Å². The summed E-state index contributed by atoms with van der Waals surface area (Å²) in [6.07, 6.45) is 2.17. The van der Waals surface area contributed by atoms with Gasteiger partial charge in [0.1, 0.15) is 0 Å². The van der Waals surface area contributed by atoms with E-state index in [1.165, 1.54) is 0 Å². The Bertz CT molecular complexity index is 736. The quantitative estimate of drug-likeness (QED) is 0.900.